The molecule has 0 aromatic heterocycles. The Morgan fingerprint density at radius 2 is 2.09 bits per heavy atom. The average Bonchev–Trinajstić information content (AvgIpc) is 2.95. The molecule has 5 heteroatoms. The zero-order chi connectivity index (χ0) is 16.9. The molecule has 1 unspecified atom stereocenters. The highest BCUT2D eigenvalue weighted by molar-refractivity contribution is 5.74. The van der Waals surface area contributed by atoms with Gasteiger partial charge in [-0.15, -0.1) is 0 Å². The Morgan fingerprint density at radius 3 is 2.83 bits per heavy atom. The van der Waals surface area contributed by atoms with Gasteiger partial charge in [-0.1, -0.05) is 32.0 Å². The summed E-state index contributed by atoms with van der Waals surface area (Å²) in [4.78, 5) is 14.3. The van der Waals surface area contributed by atoms with Crippen molar-refractivity contribution in [2.45, 2.75) is 39.7 Å². The number of benzene rings is 1. The number of carbonyl (C=O) groups is 1. The molecule has 1 aromatic rings. The van der Waals surface area contributed by atoms with Crippen LogP contribution in [0.25, 0.3) is 0 Å². The Hall–Kier alpha value is -1.75. The van der Waals surface area contributed by atoms with Gasteiger partial charge >= 0.3 is 6.03 Å². The van der Waals surface area contributed by atoms with Gasteiger partial charge in [0.05, 0.1) is 0 Å². The van der Waals surface area contributed by atoms with E-state index in [1.807, 2.05) is 13.8 Å². The summed E-state index contributed by atoms with van der Waals surface area (Å²) in [6, 6.07) is 8.58. The minimum Gasteiger partial charge on any atom is -0.396 e. The lowest BCUT2D eigenvalue weighted by molar-refractivity contribution is 0.201. The number of carbonyl (C=O) groups excluding carboxylic acids is 1. The van der Waals surface area contributed by atoms with Crippen molar-refractivity contribution in [1.82, 2.24) is 10.6 Å². The van der Waals surface area contributed by atoms with E-state index in [2.05, 4.69) is 46.7 Å². The molecule has 3 N–H and O–H groups in total. The third-order valence-corrected chi connectivity index (χ3v) is 4.53. The number of aliphatic hydroxyl groups excluding tert-OH is 1. The van der Waals surface area contributed by atoms with Gasteiger partial charge in [0.2, 0.25) is 0 Å². The SMILES string of the molecule is CC(CNC(=O)NCC(C)(C)CCO)N1CCc2ccccc21. The summed E-state index contributed by atoms with van der Waals surface area (Å²) >= 11 is 0. The molecule has 2 rings (SSSR count). The lowest BCUT2D eigenvalue weighted by Crippen LogP contribution is -2.46. The molecule has 1 aliphatic heterocycles. The Balaban J connectivity index is 1.77. The van der Waals surface area contributed by atoms with Crippen molar-refractivity contribution < 1.29 is 9.90 Å². The van der Waals surface area contributed by atoms with Crippen LogP contribution < -0.4 is 15.5 Å². The standard InChI is InChI=1S/C18H29N3O2/c1-14(21-10-8-15-6-4-5-7-16(15)21)12-19-17(23)20-13-18(2,3)9-11-22/h4-7,14,22H,8-13H2,1-3H3,(H2,19,20,23). The third-order valence-electron chi connectivity index (χ3n) is 4.53. The Labute approximate surface area is 139 Å². The number of rotatable bonds is 7. The van der Waals surface area contributed by atoms with Gasteiger partial charge in [-0.05, 0) is 36.8 Å². The molecule has 0 bridgehead atoms. The van der Waals surface area contributed by atoms with E-state index in [1.54, 1.807) is 0 Å². The summed E-state index contributed by atoms with van der Waals surface area (Å²) in [5.41, 5.74) is 2.58. The normalized spacial score (nSPS) is 15.2. The van der Waals surface area contributed by atoms with E-state index in [9.17, 15) is 4.79 Å². The van der Waals surface area contributed by atoms with Crippen molar-refractivity contribution in [3.05, 3.63) is 29.8 Å². The van der Waals surface area contributed by atoms with Crippen molar-refractivity contribution in [2.24, 2.45) is 5.41 Å². The molecule has 1 aliphatic rings. The molecule has 5 nitrogen and oxygen atoms in total. The van der Waals surface area contributed by atoms with Gasteiger partial charge in [0.1, 0.15) is 0 Å². The van der Waals surface area contributed by atoms with Crippen molar-refractivity contribution in [1.29, 1.82) is 0 Å². The summed E-state index contributed by atoms with van der Waals surface area (Å²) in [5, 5.41) is 14.9. The van der Waals surface area contributed by atoms with Gasteiger partial charge in [0.15, 0.2) is 0 Å². The van der Waals surface area contributed by atoms with Crippen LogP contribution in [-0.2, 0) is 6.42 Å². The molecular weight excluding hydrogens is 290 g/mol. The quantitative estimate of drug-likeness (QED) is 0.721. The van der Waals surface area contributed by atoms with Gasteiger partial charge in [0.25, 0.3) is 0 Å². The summed E-state index contributed by atoms with van der Waals surface area (Å²) < 4.78 is 0. The maximum atomic E-state index is 12.0. The summed E-state index contributed by atoms with van der Waals surface area (Å²) in [6.45, 7) is 8.52. The highest BCUT2D eigenvalue weighted by Crippen LogP contribution is 2.28. The van der Waals surface area contributed by atoms with Crippen LogP contribution in [0.5, 0.6) is 0 Å². The average molecular weight is 319 g/mol. The zero-order valence-corrected chi connectivity index (χ0v) is 14.4. The van der Waals surface area contributed by atoms with Crippen molar-refractivity contribution in [3.8, 4) is 0 Å². The second-order valence-corrected chi connectivity index (χ2v) is 7.12. The van der Waals surface area contributed by atoms with Gasteiger partial charge in [-0.25, -0.2) is 4.79 Å². The van der Waals surface area contributed by atoms with Crippen LogP contribution in [0.1, 0.15) is 32.8 Å². The topological polar surface area (TPSA) is 64.6 Å². The fraction of sp³-hybridized carbons (Fsp3) is 0.611. The molecule has 2 amide bonds. The number of hydrogen-bond acceptors (Lipinski definition) is 3. The van der Waals surface area contributed by atoms with Crippen LogP contribution in [0.15, 0.2) is 24.3 Å². The van der Waals surface area contributed by atoms with Crippen LogP contribution in [0, 0.1) is 5.41 Å². The lowest BCUT2D eigenvalue weighted by Gasteiger charge is -2.28. The number of fused-ring (bicyclic) bond motifs is 1. The smallest absolute Gasteiger partial charge is 0.314 e. The van der Waals surface area contributed by atoms with E-state index in [0.717, 1.165) is 13.0 Å². The minimum atomic E-state index is -0.143. The Bertz CT molecular complexity index is 531. The largest absolute Gasteiger partial charge is 0.396 e. The van der Waals surface area contributed by atoms with Gasteiger partial charge in [0, 0.05) is 38.0 Å². The molecule has 1 aromatic carbocycles. The van der Waals surface area contributed by atoms with E-state index in [1.165, 1.54) is 11.3 Å². The molecular formula is C18H29N3O2. The first-order valence-corrected chi connectivity index (χ1v) is 8.40. The third kappa shape index (κ3) is 4.86. The van der Waals surface area contributed by atoms with Crippen molar-refractivity contribution >= 4 is 11.7 Å². The molecule has 0 spiro atoms. The van der Waals surface area contributed by atoms with E-state index >= 15 is 0 Å². The van der Waals surface area contributed by atoms with Gasteiger partial charge in [-0.2, -0.15) is 0 Å². The van der Waals surface area contributed by atoms with Gasteiger partial charge < -0.3 is 20.6 Å². The number of urea groups is 1. The van der Waals surface area contributed by atoms with Crippen LogP contribution in [-0.4, -0.2) is 43.4 Å². The summed E-state index contributed by atoms with van der Waals surface area (Å²) in [6.07, 6.45) is 1.75. The zero-order valence-electron chi connectivity index (χ0n) is 14.4. The highest BCUT2D eigenvalue weighted by Gasteiger charge is 2.23. The second-order valence-electron chi connectivity index (χ2n) is 7.12. The molecule has 0 aliphatic carbocycles. The predicted molar refractivity (Wildman–Crippen MR) is 93.8 cm³/mol. The second kappa shape index (κ2) is 7.68. The number of nitrogens with one attached hydrogen (secondary N) is 2. The van der Waals surface area contributed by atoms with Crippen LogP contribution in [0.4, 0.5) is 10.5 Å². The first-order valence-electron chi connectivity index (χ1n) is 8.40. The van der Waals surface area contributed by atoms with Crippen LogP contribution in [0.2, 0.25) is 0 Å². The molecule has 0 fully saturated rings. The highest BCUT2D eigenvalue weighted by atomic mass is 16.3. The minimum absolute atomic E-state index is 0.0917. The van der Waals surface area contributed by atoms with E-state index < -0.39 is 0 Å². The first-order chi connectivity index (χ1) is 10.9. The molecule has 23 heavy (non-hydrogen) atoms. The molecule has 1 atom stereocenters. The number of amides is 2. The number of hydrogen-bond donors (Lipinski definition) is 3. The summed E-state index contributed by atoms with van der Waals surface area (Å²) in [7, 11) is 0. The Kier molecular flexibility index (Phi) is 5.88. The maximum Gasteiger partial charge on any atom is 0.314 e. The van der Waals surface area contributed by atoms with Gasteiger partial charge in [-0.3, -0.25) is 0 Å². The lowest BCUT2D eigenvalue weighted by atomic mass is 9.90. The number of anilines is 1. The Morgan fingerprint density at radius 1 is 1.35 bits per heavy atom. The number of para-hydroxylation sites is 1. The number of nitrogens with zero attached hydrogens (tertiary/aromatic N) is 1. The molecule has 1 heterocycles. The van der Waals surface area contributed by atoms with E-state index in [-0.39, 0.29) is 24.1 Å². The molecule has 0 saturated carbocycles. The van der Waals surface area contributed by atoms with Crippen molar-refractivity contribution in [3.63, 3.8) is 0 Å². The first kappa shape index (κ1) is 17.6. The maximum absolute atomic E-state index is 12.0. The molecule has 128 valence electrons. The van der Waals surface area contributed by atoms with Crippen LogP contribution in [0.3, 0.4) is 0 Å². The molecule has 0 saturated heterocycles. The fourth-order valence-corrected chi connectivity index (χ4v) is 2.95. The fourth-order valence-electron chi connectivity index (χ4n) is 2.95. The summed E-state index contributed by atoms with van der Waals surface area (Å²) in [5.74, 6) is 0. The van der Waals surface area contributed by atoms with Crippen LogP contribution >= 0.6 is 0 Å². The van der Waals surface area contributed by atoms with Crippen molar-refractivity contribution in [2.75, 3.05) is 31.1 Å². The van der Waals surface area contributed by atoms with E-state index in [0.29, 0.717) is 19.5 Å². The molecule has 0 radical (unpaired) electrons. The van der Waals surface area contributed by atoms with E-state index in [4.69, 9.17) is 5.11 Å². The monoisotopic (exact) mass is 319 g/mol. The number of aliphatic hydroxyl groups is 1. The predicted octanol–water partition coefficient (Wildman–Crippen LogP) is 2.15.